The molecule has 0 aliphatic carbocycles. The molecule has 0 spiro atoms. The smallest absolute Gasteiger partial charge is 0.194 e. The first-order chi connectivity index (χ1) is 12.8. The zero-order chi connectivity index (χ0) is 18.2. The Morgan fingerprint density at radius 1 is 1.19 bits per heavy atom. The number of nitrogens with one attached hydrogen (secondary N) is 1. The molecule has 1 aromatic carbocycles. The molecule has 0 amide bonds. The lowest BCUT2D eigenvalue weighted by Crippen LogP contribution is -2.52. The fraction of sp³-hybridized carbons (Fsp3) is 0.474. The molecule has 6 nitrogen and oxygen atoms in total. The quantitative estimate of drug-likeness (QED) is 0.489. The molecule has 0 unspecified atom stereocenters. The van der Waals surface area contributed by atoms with Crippen LogP contribution in [0.15, 0.2) is 47.7 Å². The number of anilines is 1. The summed E-state index contributed by atoms with van der Waals surface area (Å²) in [5, 5.41) is 7.61. The van der Waals surface area contributed by atoms with Crippen LogP contribution in [0.1, 0.15) is 13.3 Å². The maximum Gasteiger partial charge on any atom is 0.194 e. The minimum atomic E-state index is -0.191. The van der Waals surface area contributed by atoms with Crippen LogP contribution in [0.2, 0.25) is 0 Å². The topological polar surface area (TPSA) is 48.7 Å². The van der Waals surface area contributed by atoms with Crippen molar-refractivity contribution in [3.05, 3.63) is 48.5 Å². The maximum absolute atomic E-state index is 13.1. The SMILES string of the molecule is CCNC(=NCCCn1cccn1)N1CCN(c2ccc(F)cc2)CC1. The molecule has 140 valence electrons. The van der Waals surface area contributed by atoms with Gasteiger partial charge in [0.2, 0.25) is 0 Å². The van der Waals surface area contributed by atoms with Gasteiger partial charge in [0.25, 0.3) is 0 Å². The monoisotopic (exact) mass is 358 g/mol. The Hall–Kier alpha value is -2.57. The molecule has 1 saturated heterocycles. The van der Waals surface area contributed by atoms with Crippen molar-refractivity contribution in [2.75, 3.05) is 44.2 Å². The van der Waals surface area contributed by atoms with Gasteiger partial charge in [0.15, 0.2) is 5.96 Å². The van der Waals surface area contributed by atoms with Gasteiger partial charge in [0.05, 0.1) is 0 Å². The van der Waals surface area contributed by atoms with Gasteiger partial charge in [-0.3, -0.25) is 9.67 Å². The van der Waals surface area contributed by atoms with Crippen molar-refractivity contribution in [1.29, 1.82) is 0 Å². The molecule has 2 aromatic rings. The van der Waals surface area contributed by atoms with Crippen LogP contribution < -0.4 is 10.2 Å². The van der Waals surface area contributed by atoms with Gasteiger partial charge in [-0.25, -0.2) is 4.39 Å². The summed E-state index contributed by atoms with van der Waals surface area (Å²) in [5.74, 6) is 0.788. The van der Waals surface area contributed by atoms with E-state index >= 15 is 0 Å². The minimum Gasteiger partial charge on any atom is -0.368 e. The second-order valence-electron chi connectivity index (χ2n) is 6.31. The molecule has 2 heterocycles. The van der Waals surface area contributed by atoms with E-state index in [2.05, 4.69) is 27.1 Å². The Bertz CT molecular complexity index is 675. The number of aryl methyl sites for hydroxylation is 1. The highest BCUT2D eigenvalue weighted by atomic mass is 19.1. The number of guanidine groups is 1. The van der Waals surface area contributed by atoms with E-state index in [9.17, 15) is 4.39 Å². The maximum atomic E-state index is 13.1. The van der Waals surface area contributed by atoms with E-state index in [1.807, 2.05) is 29.1 Å². The number of benzene rings is 1. The predicted molar refractivity (Wildman–Crippen MR) is 103 cm³/mol. The lowest BCUT2D eigenvalue weighted by molar-refractivity contribution is 0.372. The molecular weight excluding hydrogens is 331 g/mol. The number of hydrogen-bond acceptors (Lipinski definition) is 3. The van der Waals surface area contributed by atoms with Gasteiger partial charge in [0, 0.05) is 63.9 Å². The van der Waals surface area contributed by atoms with Crippen molar-refractivity contribution < 1.29 is 4.39 Å². The molecule has 0 saturated carbocycles. The molecule has 3 rings (SSSR count). The standard InChI is InChI=1S/C19H27FN6/c1-2-21-19(22-9-3-11-26-12-4-10-23-26)25-15-13-24(14-16-25)18-7-5-17(20)6-8-18/h4-8,10,12H,2-3,9,11,13-16H2,1H3,(H,21,22). The zero-order valence-electron chi connectivity index (χ0n) is 15.3. The van der Waals surface area contributed by atoms with E-state index in [0.29, 0.717) is 0 Å². The summed E-state index contributed by atoms with van der Waals surface area (Å²) in [6.45, 7) is 8.23. The fourth-order valence-electron chi connectivity index (χ4n) is 3.10. The highest BCUT2D eigenvalue weighted by Crippen LogP contribution is 2.17. The van der Waals surface area contributed by atoms with E-state index in [1.54, 1.807) is 6.20 Å². The number of halogens is 1. The Morgan fingerprint density at radius 3 is 2.62 bits per heavy atom. The largest absolute Gasteiger partial charge is 0.368 e. The summed E-state index contributed by atoms with van der Waals surface area (Å²) < 4.78 is 15.0. The van der Waals surface area contributed by atoms with Crippen LogP contribution in [0, 0.1) is 5.82 Å². The van der Waals surface area contributed by atoms with E-state index in [0.717, 1.165) is 63.9 Å². The van der Waals surface area contributed by atoms with Crippen LogP contribution >= 0.6 is 0 Å². The molecule has 1 aliphatic rings. The van der Waals surface area contributed by atoms with Crippen molar-refractivity contribution in [2.45, 2.75) is 19.9 Å². The lowest BCUT2D eigenvalue weighted by Gasteiger charge is -2.37. The first-order valence-electron chi connectivity index (χ1n) is 9.27. The number of aromatic nitrogens is 2. The number of nitrogens with zero attached hydrogens (tertiary/aromatic N) is 5. The average Bonchev–Trinajstić information content (AvgIpc) is 3.19. The van der Waals surface area contributed by atoms with Gasteiger partial charge in [-0.15, -0.1) is 0 Å². The summed E-state index contributed by atoms with van der Waals surface area (Å²) in [6, 6.07) is 8.67. The van der Waals surface area contributed by atoms with Crippen molar-refractivity contribution in [2.24, 2.45) is 4.99 Å². The molecule has 0 bridgehead atoms. The molecule has 7 heteroatoms. The van der Waals surface area contributed by atoms with Crippen molar-refractivity contribution >= 4 is 11.6 Å². The molecular formula is C19H27FN6. The van der Waals surface area contributed by atoms with Gasteiger partial charge in [-0.2, -0.15) is 5.10 Å². The van der Waals surface area contributed by atoms with E-state index in [-0.39, 0.29) is 5.82 Å². The number of rotatable bonds is 6. The van der Waals surface area contributed by atoms with Crippen molar-refractivity contribution in [1.82, 2.24) is 20.0 Å². The van der Waals surface area contributed by atoms with Gasteiger partial charge >= 0.3 is 0 Å². The van der Waals surface area contributed by atoms with Crippen LogP contribution in [0.25, 0.3) is 0 Å². The van der Waals surface area contributed by atoms with Crippen LogP contribution in [0.5, 0.6) is 0 Å². The van der Waals surface area contributed by atoms with Crippen molar-refractivity contribution in [3.63, 3.8) is 0 Å². The lowest BCUT2D eigenvalue weighted by atomic mass is 10.2. The molecule has 0 radical (unpaired) electrons. The Kier molecular flexibility index (Phi) is 6.46. The average molecular weight is 358 g/mol. The third kappa shape index (κ3) is 4.97. The highest BCUT2D eigenvalue weighted by molar-refractivity contribution is 5.80. The summed E-state index contributed by atoms with van der Waals surface area (Å²) in [7, 11) is 0. The van der Waals surface area contributed by atoms with Crippen LogP contribution in [-0.2, 0) is 6.54 Å². The summed E-state index contributed by atoms with van der Waals surface area (Å²) in [4.78, 5) is 9.36. The van der Waals surface area contributed by atoms with Crippen LogP contribution in [0.4, 0.5) is 10.1 Å². The zero-order valence-corrected chi connectivity index (χ0v) is 15.3. The molecule has 1 fully saturated rings. The third-order valence-corrected chi connectivity index (χ3v) is 4.47. The molecule has 26 heavy (non-hydrogen) atoms. The van der Waals surface area contributed by atoms with Crippen molar-refractivity contribution in [3.8, 4) is 0 Å². The van der Waals surface area contributed by atoms with Gasteiger partial charge in [0.1, 0.15) is 5.82 Å². The van der Waals surface area contributed by atoms with Gasteiger partial charge < -0.3 is 15.1 Å². The first-order valence-corrected chi connectivity index (χ1v) is 9.27. The van der Waals surface area contributed by atoms with Gasteiger partial charge in [-0.05, 0) is 43.7 Å². The van der Waals surface area contributed by atoms with Crippen LogP contribution in [0.3, 0.4) is 0 Å². The fourth-order valence-corrected chi connectivity index (χ4v) is 3.10. The second-order valence-corrected chi connectivity index (χ2v) is 6.31. The van der Waals surface area contributed by atoms with E-state index in [4.69, 9.17) is 4.99 Å². The summed E-state index contributed by atoms with van der Waals surface area (Å²) in [5.41, 5.74) is 1.08. The minimum absolute atomic E-state index is 0.191. The Labute approximate surface area is 154 Å². The molecule has 1 N–H and O–H groups in total. The number of hydrogen-bond donors (Lipinski definition) is 1. The molecule has 1 aliphatic heterocycles. The predicted octanol–water partition coefficient (Wildman–Crippen LogP) is 2.20. The molecule has 0 atom stereocenters. The third-order valence-electron chi connectivity index (χ3n) is 4.47. The summed E-state index contributed by atoms with van der Waals surface area (Å²) in [6.07, 6.45) is 4.74. The van der Waals surface area contributed by atoms with E-state index in [1.165, 1.54) is 12.1 Å². The molecule has 1 aromatic heterocycles. The second kappa shape index (κ2) is 9.22. The van der Waals surface area contributed by atoms with Crippen LogP contribution in [-0.4, -0.2) is 59.9 Å². The number of piperazine rings is 1. The highest BCUT2D eigenvalue weighted by Gasteiger charge is 2.19. The Morgan fingerprint density at radius 2 is 1.96 bits per heavy atom. The first kappa shape index (κ1) is 18.2. The Balaban J connectivity index is 1.50. The normalized spacial score (nSPS) is 15.4. The number of aliphatic imine (C=N–C) groups is 1. The van der Waals surface area contributed by atoms with Gasteiger partial charge in [-0.1, -0.05) is 0 Å². The van der Waals surface area contributed by atoms with E-state index < -0.39 is 0 Å². The summed E-state index contributed by atoms with van der Waals surface area (Å²) >= 11 is 0.